The monoisotopic (exact) mass is 1000 g/mol. The van der Waals surface area contributed by atoms with Gasteiger partial charge in [0, 0.05) is 33.5 Å². The Morgan fingerprint density at radius 2 is 0.734 bits per heavy atom. The molecule has 15 rings (SSSR count). The van der Waals surface area contributed by atoms with Crippen molar-refractivity contribution >= 4 is 49.6 Å². The Hall–Kier alpha value is -10.3. The number of hydrogen-bond acceptors (Lipinski definition) is 1. The van der Waals surface area contributed by atoms with Gasteiger partial charge in [-0.15, -0.1) is 0 Å². The van der Waals surface area contributed by atoms with Gasteiger partial charge in [-0.1, -0.05) is 237 Å². The quantitative estimate of drug-likeness (QED) is 0.133. The van der Waals surface area contributed by atoms with Gasteiger partial charge in [0.2, 0.25) is 0 Å². The van der Waals surface area contributed by atoms with E-state index in [1.165, 1.54) is 110 Å². The molecule has 1 heterocycles. The van der Waals surface area contributed by atoms with Crippen LogP contribution in [0.15, 0.2) is 315 Å². The van der Waals surface area contributed by atoms with Gasteiger partial charge in [0.05, 0.1) is 16.4 Å². The second kappa shape index (κ2) is 19.1. The first-order valence-electron chi connectivity index (χ1n) is 27.3. The predicted octanol–water partition coefficient (Wildman–Crippen LogP) is 20.4. The molecule has 0 saturated carbocycles. The van der Waals surface area contributed by atoms with Crippen molar-refractivity contribution < 1.29 is 0 Å². The largest absolute Gasteiger partial charge is 0.311 e. The fourth-order valence-electron chi connectivity index (χ4n) is 12.8. The van der Waals surface area contributed by atoms with Crippen LogP contribution in [0.4, 0.5) is 17.1 Å². The minimum atomic E-state index is -0.468. The number of aromatic nitrogens is 1. The molecular formula is C77H52N2. The van der Waals surface area contributed by atoms with Gasteiger partial charge in [0.1, 0.15) is 0 Å². The van der Waals surface area contributed by atoms with Crippen LogP contribution < -0.4 is 4.90 Å². The Bertz CT molecular complexity index is 4520. The smallest absolute Gasteiger partial charge is 0.0713 e. The zero-order valence-corrected chi connectivity index (χ0v) is 43.4. The Morgan fingerprint density at radius 1 is 0.266 bits per heavy atom. The lowest BCUT2D eigenvalue weighted by atomic mass is 9.67. The topological polar surface area (TPSA) is 8.17 Å². The SMILES string of the molecule is c1ccc(-n2c3ccccc3c3cc(-c4ccc(N(c5ccc(-c6cccc(-c7ccc8ccccc8c7)c6)cc5)c5ccc(-c6cccc7c6-c6ccccc6C7(c6ccccc6)c6ccccc6)cc5)cc4)ccc32)cc1. The van der Waals surface area contributed by atoms with Crippen molar-refractivity contribution in [2.24, 2.45) is 0 Å². The summed E-state index contributed by atoms with van der Waals surface area (Å²) in [5.41, 5.74) is 23.5. The molecule has 0 atom stereocenters. The van der Waals surface area contributed by atoms with Crippen LogP contribution in [0.25, 0.3) is 93.9 Å². The molecule has 0 spiro atoms. The van der Waals surface area contributed by atoms with Crippen LogP contribution in [0, 0.1) is 0 Å². The molecule has 2 heteroatoms. The van der Waals surface area contributed by atoms with Crippen molar-refractivity contribution in [1.82, 2.24) is 4.57 Å². The van der Waals surface area contributed by atoms with Crippen LogP contribution in [-0.4, -0.2) is 4.57 Å². The van der Waals surface area contributed by atoms with E-state index in [1.54, 1.807) is 0 Å². The van der Waals surface area contributed by atoms with Gasteiger partial charge in [0.15, 0.2) is 0 Å². The van der Waals surface area contributed by atoms with E-state index in [1.807, 2.05) is 0 Å². The minimum Gasteiger partial charge on any atom is -0.311 e. The number of fused-ring (bicyclic) bond motifs is 7. The van der Waals surface area contributed by atoms with Crippen molar-refractivity contribution in [3.05, 3.63) is 338 Å². The van der Waals surface area contributed by atoms with Crippen molar-refractivity contribution in [3.8, 4) is 61.3 Å². The molecule has 0 fully saturated rings. The molecule has 14 aromatic rings. The molecule has 0 aliphatic heterocycles. The van der Waals surface area contributed by atoms with Gasteiger partial charge >= 0.3 is 0 Å². The van der Waals surface area contributed by atoms with Crippen LogP contribution >= 0.6 is 0 Å². The van der Waals surface area contributed by atoms with Crippen LogP contribution in [0.2, 0.25) is 0 Å². The molecule has 370 valence electrons. The molecule has 13 aromatic carbocycles. The zero-order chi connectivity index (χ0) is 52.3. The van der Waals surface area contributed by atoms with Crippen molar-refractivity contribution in [2.45, 2.75) is 5.41 Å². The van der Waals surface area contributed by atoms with Gasteiger partial charge < -0.3 is 9.47 Å². The summed E-state index contributed by atoms with van der Waals surface area (Å²) in [6.07, 6.45) is 0. The maximum absolute atomic E-state index is 2.39. The summed E-state index contributed by atoms with van der Waals surface area (Å²) in [6, 6.07) is 116. The van der Waals surface area contributed by atoms with Gasteiger partial charge in [-0.3, -0.25) is 0 Å². The Labute approximate surface area is 461 Å². The van der Waals surface area contributed by atoms with Gasteiger partial charge in [-0.05, 0) is 168 Å². The van der Waals surface area contributed by atoms with E-state index in [9.17, 15) is 0 Å². The van der Waals surface area contributed by atoms with Crippen LogP contribution in [0.3, 0.4) is 0 Å². The standard InChI is InChI=1S/C77H52N2/c1-4-22-62(23-5-1)77(63-24-6-2-7-25-63)72-31-14-12-29-70(72)76-68(30-17-32-73(76)77)56-40-47-67(48-41-56)78(65-43-36-54(37-44-65)58-20-16-21-59(50-58)60-35-34-53-18-10-11-19-57(53)51-60)66-45-38-55(39-46-66)61-42-49-75-71(52-61)69-28-13-15-33-74(69)79(75)64-26-8-3-9-27-64/h1-52H. The summed E-state index contributed by atoms with van der Waals surface area (Å²) in [6.45, 7) is 0. The third kappa shape index (κ3) is 7.71. The highest BCUT2D eigenvalue weighted by molar-refractivity contribution is 6.10. The Kier molecular flexibility index (Phi) is 11.1. The number of para-hydroxylation sites is 2. The molecule has 2 nitrogen and oxygen atoms in total. The van der Waals surface area contributed by atoms with Gasteiger partial charge in [-0.25, -0.2) is 0 Å². The lowest BCUT2D eigenvalue weighted by Crippen LogP contribution is -2.28. The zero-order valence-electron chi connectivity index (χ0n) is 43.4. The first-order chi connectivity index (χ1) is 39.2. The number of hydrogen-bond donors (Lipinski definition) is 0. The molecule has 1 aliphatic rings. The fourth-order valence-corrected chi connectivity index (χ4v) is 12.8. The van der Waals surface area contributed by atoms with Crippen LogP contribution in [0.1, 0.15) is 22.3 Å². The summed E-state index contributed by atoms with van der Waals surface area (Å²) < 4.78 is 2.38. The summed E-state index contributed by atoms with van der Waals surface area (Å²) in [5.74, 6) is 0. The van der Waals surface area contributed by atoms with Crippen molar-refractivity contribution in [2.75, 3.05) is 4.90 Å². The van der Waals surface area contributed by atoms with Crippen LogP contribution in [0.5, 0.6) is 0 Å². The average Bonchev–Trinajstić information content (AvgIpc) is 3.38. The molecule has 0 unspecified atom stereocenters. The van der Waals surface area contributed by atoms with Crippen molar-refractivity contribution in [1.29, 1.82) is 0 Å². The Morgan fingerprint density at radius 3 is 1.42 bits per heavy atom. The van der Waals surface area contributed by atoms with Gasteiger partial charge in [0.25, 0.3) is 0 Å². The summed E-state index contributed by atoms with van der Waals surface area (Å²) >= 11 is 0. The molecule has 0 bridgehead atoms. The van der Waals surface area contributed by atoms with E-state index in [2.05, 4.69) is 325 Å². The van der Waals surface area contributed by atoms with Gasteiger partial charge in [-0.2, -0.15) is 0 Å². The maximum Gasteiger partial charge on any atom is 0.0713 e. The Balaban J connectivity index is 0.824. The maximum atomic E-state index is 2.39. The van der Waals surface area contributed by atoms with Crippen LogP contribution in [-0.2, 0) is 5.41 Å². The third-order valence-electron chi connectivity index (χ3n) is 16.5. The summed E-state index contributed by atoms with van der Waals surface area (Å²) in [7, 11) is 0. The highest BCUT2D eigenvalue weighted by atomic mass is 15.1. The lowest BCUT2D eigenvalue weighted by Gasteiger charge is -2.34. The van der Waals surface area contributed by atoms with Crippen molar-refractivity contribution in [3.63, 3.8) is 0 Å². The molecular weight excluding hydrogens is 953 g/mol. The molecule has 0 radical (unpaired) electrons. The normalized spacial score (nSPS) is 12.4. The fraction of sp³-hybridized carbons (Fsp3) is 0.0130. The van der Waals surface area contributed by atoms with E-state index in [0.717, 1.165) is 22.7 Å². The van der Waals surface area contributed by atoms with E-state index >= 15 is 0 Å². The highest BCUT2D eigenvalue weighted by Gasteiger charge is 2.46. The second-order valence-corrected chi connectivity index (χ2v) is 20.8. The van der Waals surface area contributed by atoms with E-state index < -0.39 is 5.41 Å². The molecule has 1 aliphatic carbocycles. The molecule has 0 amide bonds. The van der Waals surface area contributed by atoms with E-state index in [4.69, 9.17) is 0 Å². The minimum absolute atomic E-state index is 0.468. The molecule has 0 N–H and O–H groups in total. The molecule has 0 saturated heterocycles. The number of rotatable bonds is 10. The van der Waals surface area contributed by atoms with E-state index in [-0.39, 0.29) is 0 Å². The number of nitrogens with zero attached hydrogens (tertiary/aromatic N) is 2. The molecule has 79 heavy (non-hydrogen) atoms. The number of benzene rings is 13. The second-order valence-electron chi connectivity index (χ2n) is 20.8. The summed E-state index contributed by atoms with van der Waals surface area (Å²) in [5, 5.41) is 4.98. The first-order valence-corrected chi connectivity index (χ1v) is 27.3. The predicted molar refractivity (Wildman–Crippen MR) is 332 cm³/mol. The molecule has 1 aromatic heterocycles. The lowest BCUT2D eigenvalue weighted by molar-refractivity contribution is 0.768. The van der Waals surface area contributed by atoms with E-state index in [0.29, 0.717) is 0 Å². The highest BCUT2D eigenvalue weighted by Crippen LogP contribution is 2.58. The number of anilines is 3. The first kappa shape index (κ1) is 46.1. The average molecular weight is 1010 g/mol. The third-order valence-corrected chi connectivity index (χ3v) is 16.5. The summed E-state index contributed by atoms with van der Waals surface area (Å²) in [4.78, 5) is 2.39.